The van der Waals surface area contributed by atoms with Crippen molar-refractivity contribution in [3.8, 4) is 0 Å². The van der Waals surface area contributed by atoms with E-state index in [1.165, 1.54) is 32.1 Å². The van der Waals surface area contributed by atoms with Crippen LogP contribution in [0.5, 0.6) is 0 Å². The second kappa shape index (κ2) is 7.02. The molecule has 1 spiro atoms. The molecule has 5 unspecified atom stereocenters. The summed E-state index contributed by atoms with van der Waals surface area (Å²) in [6, 6.07) is 0. The van der Waals surface area contributed by atoms with Crippen molar-refractivity contribution in [2.24, 2.45) is 5.92 Å². The van der Waals surface area contributed by atoms with Gasteiger partial charge in [-0.1, -0.05) is 33.1 Å². The first-order valence-electron chi connectivity index (χ1n) is 8.69. The summed E-state index contributed by atoms with van der Waals surface area (Å²) >= 11 is 4.06. The molecule has 0 aromatic heterocycles. The number of aliphatic hydroxyl groups is 1. The van der Waals surface area contributed by atoms with Gasteiger partial charge in [-0.2, -0.15) is 23.5 Å². The van der Waals surface area contributed by atoms with Crippen LogP contribution in [0.3, 0.4) is 0 Å². The van der Waals surface area contributed by atoms with Gasteiger partial charge in [-0.15, -0.1) is 0 Å². The Balaban J connectivity index is 1.60. The van der Waals surface area contributed by atoms with Gasteiger partial charge in [0, 0.05) is 28.1 Å². The average molecular weight is 331 g/mol. The van der Waals surface area contributed by atoms with Crippen LogP contribution >= 0.6 is 23.5 Å². The Bertz CT molecular complexity index is 338. The average Bonchev–Trinajstić information content (AvgIpc) is 2.50. The molecule has 1 saturated carbocycles. The molecule has 2 nitrogen and oxygen atoms in total. The molecule has 2 saturated heterocycles. The number of ether oxygens (including phenoxy) is 1. The number of aliphatic hydroxyl groups excluding tert-OH is 1. The molecule has 0 aromatic carbocycles. The van der Waals surface area contributed by atoms with Crippen LogP contribution in [0, 0.1) is 5.92 Å². The topological polar surface area (TPSA) is 29.5 Å². The Morgan fingerprint density at radius 3 is 2.62 bits per heavy atom. The molecule has 3 aliphatic rings. The summed E-state index contributed by atoms with van der Waals surface area (Å²) < 4.78 is 6.19. The number of thioether (sulfide) groups is 2. The van der Waals surface area contributed by atoms with Gasteiger partial charge in [0.2, 0.25) is 0 Å². The summed E-state index contributed by atoms with van der Waals surface area (Å²) in [5.41, 5.74) is 0.119. The second-order valence-corrected chi connectivity index (χ2v) is 10.3. The van der Waals surface area contributed by atoms with Crippen molar-refractivity contribution in [1.82, 2.24) is 0 Å². The van der Waals surface area contributed by atoms with E-state index in [1.54, 1.807) is 0 Å². The smallest absolute Gasteiger partial charge is 0.0696 e. The molecular formula is C17H30O2S2. The summed E-state index contributed by atoms with van der Waals surface area (Å²) in [4.78, 5) is 0. The van der Waals surface area contributed by atoms with E-state index in [4.69, 9.17) is 4.74 Å². The normalized spacial score (nSPS) is 41.9. The van der Waals surface area contributed by atoms with Gasteiger partial charge in [-0.25, -0.2) is 0 Å². The lowest BCUT2D eigenvalue weighted by atomic mass is 9.74. The van der Waals surface area contributed by atoms with Crippen molar-refractivity contribution in [1.29, 1.82) is 0 Å². The largest absolute Gasteiger partial charge is 0.392 e. The van der Waals surface area contributed by atoms with Crippen molar-refractivity contribution < 1.29 is 9.84 Å². The Morgan fingerprint density at radius 2 is 1.90 bits per heavy atom. The molecule has 3 rings (SSSR count). The van der Waals surface area contributed by atoms with Crippen LogP contribution in [-0.4, -0.2) is 44.9 Å². The van der Waals surface area contributed by atoms with Crippen molar-refractivity contribution >= 4 is 23.5 Å². The van der Waals surface area contributed by atoms with Crippen LogP contribution in [0.4, 0.5) is 0 Å². The zero-order valence-electron chi connectivity index (χ0n) is 13.4. The zero-order valence-corrected chi connectivity index (χ0v) is 15.1. The van der Waals surface area contributed by atoms with Crippen LogP contribution in [0.1, 0.15) is 58.8 Å². The Hall–Kier alpha value is 0.620. The van der Waals surface area contributed by atoms with E-state index in [-0.39, 0.29) is 11.7 Å². The molecular weight excluding hydrogens is 300 g/mol. The van der Waals surface area contributed by atoms with Crippen molar-refractivity contribution in [2.75, 3.05) is 12.4 Å². The van der Waals surface area contributed by atoms with Gasteiger partial charge in [0.15, 0.2) is 0 Å². The molecule has 0 bridgehead atoms. The summed E-state index contributed by atoms with van der Waals surface area (Å²) in [6.45, 7) is 5.49. The third-order valence-electron chi connectivity index (χ3n) is 5.73. The monoisotopic (exact) mass is 330 g/mol. The van der Waals surface area contributed by atoms with Gasteiger partial charge in [-0.3, -0.25) is 0 Å². The summed E-state index contributed by atoms with van der Waals surface area (Å²) in [7, 11) is 0. The zero-order chi connectivity index (χ0) is 14.9. The molecule has 1 N–H and O–H groups in total. The van der Waals surface area contributed by atoms with E-state index in [0.717, 1.165) is 30.5 Å². The van der Waals surface area contributed by atoms with Crippen molar-refractivity contribution in [3.05, 3.63) is 0 Å². The maximum Gasteiger partial charge on any atom is 0.0696 e. The molecule has 0 amide bonds. The van der Waals surface area contributed by atoms with Gasteiger partial charge in [0.1, 0.15) is 0 Å². The van der Waals surface area contributed by atoms with Gasteiger partial charge >= 0.3 is 0 Å². The third-order valence-corrected chi connectivity index (χ3v) is 9.24. The molecule has 5 atom stereocenters. The van der Waals surface area contributed by atoms with Crippen LogP contribution in [-0.2, 0) is 4.74 Å². The number of rotatable bonds is 2. The summed E-state index contributed by atoms with van der Waals surface area (Å²) in [6.07, 6.45) is 8.43. The van der Waals surface area contributed by atoms with Crippen LogP contribution in [0.25, 0.3) is 0 Å². The van der Waals surface area contributed by atoms with Gasteiger partial charge in [-0.05, 0) is 31.6 Å². The quantitative estimate of drug-likeness (QED) is 0.825. The van der Waals surface area contributed by atoms with Gasteiger partial charge in [0.25, 0.3) is 0 Å². The lowest BCUT2D eigenvalue weighted by Crippen LogP contribution is -2.47. The predicted molar refractivity (Wildman–Crippen MR) is 93.3 cm³/mol. The SMILES string of the molecule is CC1SCC(C(O)C2CCOC3(CCCCC3)C2)SC1C. The fraction of sp³-hybridized carbons (Fsp3) is 1.00. The first-order valence-corrected chi connectivity index (χ1v) is 10.7. The number of hydrogen-bond donors (Lipinski definition) is 1. The maximum absolute atomic E-state index is 10.9. The molecule has 0 aromatic rings. The Kier molecular flexibility index (Phi) is 5.51. The lowest BCUT2D eigenvalue weighted by molar-refractivity contribution is -0.133. The highest BCUT2D eigenvalue weighted by atomic mass is 32.2. The van der Waals surface area contributed by atoms with Gasteiger partial charge in [0.05, 0.1) is 11.7 Å². The minimum absolute atomic E-state index is 0.119. The molecule has 122 valence electrons. The highest BCUT2D eigenvalue weighted by molar-refractivity contribution is 8.07. The minimum atomic E-state index is -0.139. The van der Waals surface area contributed by atoms with E-state index in [2.05, 4.69) is 13.8 Å². The van der Waals surface area contributed by atoms with E-state index in [0.29, 0.717) is 16.4 Å². The molecule has 0 radical (unpaired) electrons. The Labute approximate surface area is 138 Å². The predicted octanol–water partition coefficient (Wildman–Crippen LogP) is 4.10. The number of hydrogen-bond acceptors (Lipinski definition) is 4. The second-order valence-electron chi connectivity index (χ2n) is 7.25. The van der Waals surface area contributed by atoms with E-state index in [1.807, 2.05) is 23.5 Å². The summed E-state index contributed by atoms with van der Waals surface area (Å²) in [5.74, 6) is 1.57. The van der Waals surface area contributed by atoms with Crippen LogP contribution in [0.2, 0.25) is 0 Å². The Morgan fingerprint density at radius 1 is 1.14 bits per heavy atom. The molecule has 21 heavy (non-hydrogen) atoms. The minimum Gasteiger partial charge on any atom is -0.392 e. The first-order chi connectivity index (χ1) is 10.1. The summed E-state index contributed by atoms with van der Waals surface area (Å²) in [5, 5.41) is 12.7. The fourth-order valence-corrected chi connectivity index (χ4v) is 7.29. The fourth-order valence-electron chi connectivity index (χ4n) is 4.19. The maximum atomic E-state index is 10.9. The standard InChI is InChI=1S/C17H30O2S2/c1-12-13(2)21-15(11-20-12)16(18)14-6-9-19-17(10-14)7-4-3-5-8-17/h12-16,18H,3-11H2,1-2H3. The molecule has 2 heterocycles. The van der Waals surface area contributed by atoms with Gasteiger partial charge < -0.3 is 9.84 Å². The van der Waals surface area contributed by atoms with Crippen molar-refractivity contribution in [3.63, 3.8) is 0 Å². The van der Waals surface area contributed by atoms with E-state index < -0.39 is 0 Å². The molecule has 2 aliphatic heterocycles. The molecule has 3 fully saturated rings. The van der Waals surface area contributed by atoms with Crippen molar-refractivity contribution in [2.45, 2.75) is 86.2 Å². The first kappa shape index (κ1) is 16.5. The third kappa shape index (κ3) is 3.76. The van der Waals surface area contributed by atoms with Crippen LogP contribution in [0.15, 0.2) is 0 Å². The molecule has 4 heteroatoms. The van der Waals surface area contributed by atoms with Crippen LogP contribution < -0.4 is 0 Å². The lowest BCUT2D eigenvalue weighted by Gasteiger charge is -2.46. The van der Waals surface area contributed by atoms with E-state index in [9.17, 15) is 5.11 Å². The highest BCUT2D eigenvalue weighted by Gasteiger charge is 2.43. The highest BCUT2D eigenvalue weighted by Crippen LogP contribution is 2.45. The molecule has 1 aliphatic carbocycles. The van der Waals surface area contributed by atoms with E-state index >= 15 is 0 Å².